The van der Waals surface area contributed by atoms with Crippen molar-refractivity contribution >= 4 is 26.0 Å². The lowest BCUT2D eigenvalue weighted by Crippen LogP contribution is -2.34. The number of nitrogens with two attached hydrogens (primary N) is 1. The number of benzene rings is 1. The number of nitrogens with one attached hydrogen (secondary N) is 1. The Labute approximate surface area is 136 Å². The first-order valence-corrected chi connectivity index (χ1v) is 9.50. The van der Waals surface area contributed by atoms with Gasteiger partial charge in [0.1, 0.15) is 0 Å². The summed E-state index contributed by atoms with van der Waals surface area (Å²) in [5.74, 6) is 0.492. The van der Waals surface area contributed by atoms with Gasteiger partial charge in [-0.05, 0) is 49.4 Å². The molecule has 0 aromatic heterocycles. The van der Waals surface area contributed by atoms with Gasteiger partial charge in [0.2, 0.25) is 10.0 Å². The van der Waals surface area contributed by atoms with Gasteiger partial charge in [0, 0.05) is 17.1 Å². The maximum Gasteiger partial charge on any atom is 0.241 e. The summed E-state index contributed by atoms with van der Waals surface area (Å²) in [6.07, 6.45) is 1.87. The van der Waals surface area contributed by atoms with E-state index < -0.39 is 10.0 Å². The molecule has 0 spiro atoms. The van der Waals surface area contributed by atoms with Gasteiger partial charge in [-0.25, -0.2) is 13.1 Å². The zero-order valence-electron chi connectivity index (χ0n) is 13.1. The molecule has 0 bridgehead atoms. The molecule has 0 amide bonds. The van der Waals surface area contributed by atoms with Gasteiger partial charge in [0.25, 0.3) is 0 Å². The SMILES string of the molecule is CCC(C)CC(C)NS(=O)(=O)c1cc(CN)cc(Br)c1C. The lowest BCUT2D eigenvalue weighted by Gasteiger charge is -2.19. The van der Waals surface area contributed by atoms with Gasteiger partial charge in [0.05, 0.1) is 4.90 Å². The van der Waals surface area contributed by atoms with Gasteiger partial charge in [-0.3, -0.25) is 0 Å². The average Bonchev–Trinajstić information content (AvgIpc) is 2.40. The van der Waals surface area contributed by atoms with E-state index in [9.17, 15) is 8.42 Å². The Kier molecular flexibility index (Phi) is 6.84. The Bertz CT molecular complexity index is 588. The Hall–Kier alpha value is -0.430. The molecule has 0 heterocycles. The van der Waals surface area contributed by atoms with Crippen LogP contribution in [0.4, 0.5) is 0 Å². The van der Waals surface area contributed by atoms with E-state index in [4.69, 9.17) is 5.73 Å². The van der Waals surface area contributed by atoms with E-state index >= 15 is 0 Å². The quantitative estimate of drug-likeness (QED) is 0.766. The van der Waals surface area contributed by atoms with Gasteiger partial charge < -0.3 is 5.73 Å². The highest BCUT2D eigenvalue weighted by Crippen LogP contribution is 2.26. The van der Waals surface area contributed by atoms with Crippen molar-refractivity contribution in [2.75, 3.05) is 0 Å². The topological polar surface area (TPSA) is 72.2 Å². The van der Waals surface area contributed by atoms with Crippen molar-refractivity contribution in [3.63, 3.8) is 0 Å². The molecule has 0 aliphatic heterocycles. The molecule has 0 aliphatic rings. The normalized spacial score (nSPS) is 15.0. The van der Waals surface area contributed by atoms with Crippen molar-refractivity contribution in [2.24, 2.45) is 11.7 Å². The standard InChI is InChI=1S/C15H25BrN2O2S/c1-5-10(2)6-11(3)18-21(19,20)15-8-13(9-17)7-14(16)12(15)4/h7-8,10-11,18H,5-6,9,17H2,1-4H3. The maximum atomic E-state index is 12.6. The van der Waals surface area contributed by atoms with E-state index in [1.807, 2.05) is 13.0 Å². The molecule has 4 nitrogen and oxygen atoms in total. The molecule has 21 heavy (non-hydrogen) atoms. The summed E-state index contributed by atoms with van der Waals surface area (Å²) >= 11 is 3.40. The van der Waals surface area contributed by atoms with Crippen molar-refractivity contribution in [1.29, 1.82) is 0 Å². The second-order valence-corrected chi connectivity index (χ2v) is 8.21. The van der Waals surface area contributed by atoms with Crippen molar-refractivity contribution in [2.45, 2.75) is 58.0 Å². The minimum absolute atomic E-state index is 0.0929. The fourth-order valence-corrected chi connectivity index (χ4v) is 4.46. The van der Waals surface area contributed by atoms with Crippen LogP contribution in [0.5, 0.6) is 0 Å². The molecule has 0 fully saturated rings. The Morgan fingerprint density at radius 3 is 2.48 bits per heavy atom. The first-order chi connectivity index (χ1) is 9.71. The van der Waals surface area contributed by atoms with Crippen LogP contribution >= 0.6 is 15.9 Å². The van der Waals surface area contributed by atoms with Gasteiger partial charge in [-0.2, -0.15) is 0 Å². The first-order valence-electron chi connectivity index (χ1n) is 7.22. The predicted octanol–water partition coefficient (Wildman–Crippen LogP) is 3.32. The molecule has 3 N–H and O–H groups in total. The molecular formula is C15H25BrN2O2S. The van der Waals surface area contributed by atoms with Crippen LogP contribution in [0.1, 0.15) is 44.7 Å². The number of hydrogen-bond acceptors (Lipinski definition) is 3. The van der Waals surface area contributed by atoms with E-state index in [0.29, 0.717) is 22.9 Å². The molecule has 0 radical (unpaired) electrons. The van der Waals surface area contributed by atoms with Crippen LogP contribution in [-0.2, 0) is 16.6 Å². The zero-order valence-corrected chi connectivity index (χ0v) is 15.5. The van der Waals surface area contributed by atoms with E-state index in [0.717, 1.165) is 22.9 Å². The summed E-state index contributed by atoms with van der Waals surface area (Å²) in [6, 6.07) is 3.42. The number of halogens is 1. The van der Waals surface area contributed by atoms with Crippen LogP contribution in [0.3, 0.4) is 0 Å². The van der Waals surface area contributed by atoms with Crippen LogP contribution in [0.2, 0.25) is 0 Å². The summed E-state index contributed by atoms with van der Waals surface area (Å²) in [6.45, 7) is 8.24. The Balaban J connectivity index is 3.05. The second-order valence-electron chi connectivity index (χ2n) is 5.68. The van der Waals surface area contributed by atoms with Gasteiger partial charge in [0.15, 0.2) is 0 Å². The van der Waals surface area contributed by atoms with Gasteiger partial charge in [-0.15, -0.1) is 0 Å². The molecule has 0 saturated heterocycles. The second kappa shape index (κ2) is 7.72. The van der Waals surface area contributed by atoms with Crippen LogP contribution in [0, 0.1) is 12.8 Å². The molecule has 120 valence electrons. The first kappa shape index (κ1) is 18.6. The molecule has 0 aliphatic carbocycles. The molecule has 2 atom stereocenters. The minimum Gasteiger partial charge on any atom is -0.326 e. The Morgan fingerprint density at radius 1 is 1.33 bits per heavy atom. The van der Waals surface area contributed by atoms with Crippen molar-refractivity contribution in [3.8, 4) is 0 Å². The smallest absolute Gasteiger partial charge is 0.241 e. The molecule has 1 aromatic rings. The fraction of sp³-hybridized carbons (Fsp3) is 0.600. The largest absolute Gasteiger partial charge is 0.326 e. The molecule has 0 saturated carbocycles. The van der Waals surface area contributed by atoms with E-state index in [2.05, 4.69) is 34.5 Å². The number of sulfonamides is 1. The van der Waals surface area contributed by atoms with E-state index in [-0.39, 0.29) is 6.04 Å². The summed E-state index contributed by atoms with van der Waals surface area (Å²) in [5, 5.41) is 0. The monoisotopic (exact) mass is 376 g/mol. The summed E-state index contributed by atoms with van der Waals surface area (Å²) < 4.78 is 28.7. The van der Waals surface area contributed by atoms with E-state index in [1.54, 1.807) is 13.0 Å². The van der Waals surface area contributed by atoms with Crippen LogP contribution in [0.15, 0.2) is 21.5 Å². The number of hydrogen-bond donors (Lipinski definition) is 2. The highest BCUT2D eigenvalue weighted by Gasteiger charge is 2.22. The third-order valence-electron chi connectivity index (χ3n) is 3.69. The van der Waals surface area contributed by atoms with Crippen molar-refractivity contribution in [3.05, 3.63) is 27.7 Å². The lowest BCUT2D eigenvalue weighted by molar-refractivity contribution is 0.445. The van der Waals surface area contributed by atoms with Gasteiger partial charge >= 0.3 is 0 Å². The minimum atomic E-state index is -3.53. The Morgan fingerprint density at radius 2 is 1.95 bits per heavy atom. The fourth-order valence-electron chi connectivity index (χ4n) is 2.25. The zero-order chi connectivity index (χ0) is 16.2. The van der Waals surface area contributed by atoms with Crippen LogP contribution < -0.4 is 10.5 Å². The highest BCUT2D eigenvalue weighted by atomic mass is 79.9. The molecule has 1 rings (SSSR count). The third-order valence-corrected chi connectivity index (χ3v) is 6.23. The van der Waals surface area contributed by atoms with Crippen LogP contribution in [0.25, 0.3) is 0 Å². The van der Waals surface area contributed by atoms with E-state index in [1.165, 1.54) is 0 Å². The maximum absolute atomic E-state index is 12.6. The number of rotatable bonds is 7. The van der Waals surface area contributed by atoms with Crippen LogP contribution in [-0.4, -0.2) is 14.5 Å². The predicted molar refractivity (Wildman–Crippen MR) is 90.6 cm³/mol. The molecule has 1 aromatic carbocycles. The van der Waals surface area contributed by atoms with Crippen molar-refractivity contribution < 1.29 is 8.42 Å². The van der Waals surface area contributed by atoms with Gasteiger partial charge in [-0.1, -0.05) is 36.2 Å². The molecular weight excluding hydrogens is 352 g/mol. The summed E-state index contributed by atoms with van der Waals surface area (Å²) in [4.78, 5) is 0.299. The average molecular weight is 377 g/mol. The molecule has 6 heteroatoms. The highest BCUT2D eigenvalue weighted by molar-refractivity contribution is 9.10. The summed E-state index contributed by atoms with van der Waals surface area (Å²) in [5.41, 5.74) is 7.13. The summed E-state index contributed by atoms with van der Waals surface area (Å²) in [7, 11) is -3.53. The van der Waals surface area contributed by atoms with Crippen molar-refractivity contribution in [1.82, 2.24) is 4.72 Å². The lowest BCUT2D eigenvalue weighted by atomic mass is 10.0. The molecule has 2 unspecified atom stereocenters. The third kappa shape index (κ3) is 5.06.